The molecule has 0 spiro atoms. The normalized spacial score (nSPS) is 12.3. The number of hydrogen-bond donors (Lipinski definition) is 1. The molecule has 0 bridgehead atoms. The van der Waals surface area contributed by atoms with Crippen LogP contribution in [0, 0.1) is 5.82 Å². The highest BCUT2D eigenvalue weighted by Crippen LogP contribution is 2.38. The molecule has 0 aliphatic carbocycles. The molecular weight excluding hydrogens is 326 g/mol. The van der Waals surface area contributed by atoms with Gasteiger partial charge in [-0.2, -0.15) is 0 Å². The van der Waals surface area contributed by atoms with Crippen molar-refractivity contribution in [3.63, 3.8) is 0 Å². The fraction of sp³-hybridized carbons (Fsp3) is 0.143. The lowest BCUT2D eigenvalue weighted by atomic mass is 10.1. The van der Waals surface area contributed by atoms with Crippen molar-refractivity contribution in [1.82, 2.24) is 0 Å². The summed E-state index contributed by atoms with van der Waals surface area (Å²) in [6, 6.07) is 6.75. The number of benzene rings is 2. The molecule has 0 amide bonds. The highest BCUT2D eigenvalue weighted by atomic mass is 35.5. The monoisotopic (exact) mass is 334 g/mol. The fourth-order valence-electron chi connectivity index (χ4n) is 1.64. The van der Waals surface area contributed by atoms with Crippen molar-refractivity contribution in [2.45, 2.75) is 13.0 Å². The van der Waals surface area contributed by atoms with E-state index in [1.165, 1.54) is 37.3 Å². The molecule has 2 aromatic carbocycles. The largest absolute Gasteiger partial charge is 0.455 e. The maximum atomic E-state index is 13.2. The first-order valence-electron chi connectivity index (χ1n) is 5.68. The number of hydrogen-bond acceptors (Lipinski definition) is 2. The quantitative estimate of drug-likeness (QED) is 0.736. The van der Waals surface area contributed by atoms with Gasteiger partial charge in [-0.15, -0.1) is 0 Å². The predicted octanol–water partition coefficient (Wildman–Crippen LogP) is 5.63. The van der Waals surface area contributed by atoms with E-state index >= 15 is 0 Å². The lowest BCUT2D eigenvalue weighted by Gasteiger charge is -2.14. The highest BCUT2D eigenvalue weighted by molar-refractivity contribution is 6.43. The SMILES string of the molecule is CC(O)c1cc(F)ccc1Oc1cc(Cl)c(Cl)cc1Cl. The van der Waals surface area contributed by atoms with Crippen molar-refractivity contribution in [2.24, 2.45) is 0 Å². The van der Waals surface area contributed by atoms with Crippen LogP contribution in [-0.2, 0) is 0 Å². The van der Waals surface area contributed by atoms with E-state index in [0.29, 0.717) is 16.3 Å². The average Bonchev–Trinajstić information content (AvgIpc) is 2.37. The molecule has 1 atom stereocenters. The molecule has 0 aliphatic heterocycles. The van der Waals surface area contributed by atoms with E-state index in [-0.39, 0.29) is 15.8 Å². The molecule has 0 fully saturated rings. The second-order valence-corrected chi connectivity index (χ2v) is 5.38. The molecular formula is C14H10Cl3FO2. The first-order chi connectivity index (χ1) is 9.38. The van der Waals surface area contributed by atoms with Crippen molar-refractivity contribution in [3.05, 3.63) is 56.8 Å². The lowest BCUT2D eigenvalue weighted by molar-refractivity contribution is 0.195. The molecule has 1 unspecified atom stereocenters. The minimum Gasteiger partial charge on any atom is -0.455 e. The summed E-state index contributed by atoms with van der Waals surface area (Å²) in [5, 5.41) is 10.5. The van der Waals surface area contributed by atoms with Crippen LogP contribution in [0.3, 0.4) is 0 Å². The van der Waals surface area contributed by atoms with Crippen LogP contribution in [0.25, 0.3) is 0 Å². The van der Waals surface area contributed by atoms with Crippen LogP contribution in [0.2, 0.25) is 15.1 Å². The highest BCUT2D eigenvalue weighted by Gasteiger charge is 2.14. The summed E-state index contributed by atoms with van der Waals surface area (Å²) in [6.45, 7) is 1.51. The molecule has 2 aromatic rings. The standard InChI is InChI=1S/C14H10Cl3FO2/c1-7(19)9-4-8(18)2-3-13(9)20-14-6-11(16)10(15)5-12(14)17/h2-7,19H,1H3. The van der Waals surface area contributed by atoms with E-state index < -0.39 is 11.9 Å². The van der Waals surface area contributed by atoms with Crippen molar-refractivity contribution in [1.29, 1.82) is 0 Å². The Morgan fingerprint density at radius 1 is 1.00 bits per heavy atom. The topological polar surface area (TPSA) is 29.5 Å². The molecule has 2 rings (SSSR count). The Hall–Kier alpha value is -1.000. The van der Waals surface area contributed by atoms with Gasteiger partial charge >= 0.3 is 0 Å². The smallest absolute Gasteiger partial charge is 0.147 e. The van der Waals surface area contributed by atoms with Crippen molar-refractivity contribution >= 4 is 34.8 Å². The van der Waals surface area contributed by atoms with Crippen LogP contribution in [0.5, 0.6) is 11.5 Å². The molecule has 2 nitrogen and oxygen atoms in total. The fourth-order valence-corrected chi connectivity index (χ4v) is 2.22. The third kappa shape index (κ3) is 3.36. The lowest BCUT2D eigenvalue weighted by Crippen LogP contribution is -1.97. The van der Waals surface area contributed by atoms with Crippen LogP contribution in [0.1, 0.15) is 18.6 Å². The number of aliphatic hydroxyl groups is 1. The van der Waals surface area contributed by atoms with Gasteiger partial charge in [0.05, 0.1) is 21.2 Å². The van der Waals surface area contributed by atoms with E-state index in [4.69, 9.17) is 39.5 Å². The molecule has 20 heavy (non-hydrogen) atoms. The summed E-state index contributed by atoms with van der Waals surface area (Å²) in [5.74, 6) is 0.102. The number of aliphatic hydroxyl groups excluding tert-OH is 1. The molecule has 0 saturated carbocycles. The van der Waals surface area contributed by atoms with Gasteiger partial charge in [0.15, 0.2) is 0 Å². The summed E-state index contributed by atoms with van der Waals surface area (Å²) in [7, 11) is 0. The maximum absolute atomic E-state index is 13.2. The Balaban J connectivity index is 2.42. The summed E-state index contributed by atoms with van der Waals surface area (Å²) in [4.78, 5) is 0. The van der Waals surface area contributed by atoms with Crippen LogP contribution in [0.15, 0.2) is 30.3 Å². The van der Waals surface area contributed by atoms with Gasteiger partial charge in [-0.3, -0.25) is 0 Å². The van der Waals surface area contributed by atoms with Crippen molar-refractivity contribution in [3.8, 4) is 11.5 Å². The Labute approximate surface area is 130 Å². The molecule has 0 saturated heterocycles. The zero-order valence-corrected chi connectivity index (χ0v) is 12.6. The van der Waals surface area contributed by atoms with Crippen LogP contribution in [0.4, 0.5) is 4.39 Å². The van der Waals surface area contributed by atoms with E-state index in [1.807, 2.05) is 0 Å². The second kappa shape index (κ2) is 6.19. The molecule has 6 heteroatoms. The number of ether oxygens (including phenoxy) is 1. The zero-order valence-electron chi connectivity index (χ0n) is 10.3. The minimum atomic E-state index is -0.887. The molecule has 0 heterocycles. The van der Waals surface area contributed by atoms with E-state index in [1.54, 1.807) is 0 Å². The molecule has 1 N–H and O–H groups in total. The van der Waals surface area contributed by atoms with Gasteiger partial charge in [-0.05, 0) is 31.2 Å². The van der Waals surface area contributed by atoms with Crippen LogP contribution < -0.4 is 4.74 Å². The van der Waals surface area contributed by atoms with Crippen LogP contribution >= 0.6 is 34.8 Å². The van der Waals surface area contributed by atoms with Crippen LogP contribution in [-0.4, -0.2) is 5.11 Å². The van der Waals surface area contributed by atoms with Crippen molar-refractivity contribution in [2.75, 3.05) is 0 Å². The molecule has 0 aromatic heterocycles. The number of rotatable bonds is 3. The van der Waals surface area contributed by atoms with Gasteiger partial charge in [0, 0.05) is 11.6 Å². The average molecular weight is 336 g/mol. The van der Waals surface area contributed by atoms with Crippen molar-refractivity contribution < 1.29 is 14.2 Å². The van der Waals surface area contributed by atoms with Gasteiger partial charge in [0.25, 0.3) is 0 Å². The minimum absolute atomic E-state index is 0.264. The van der Waals surface area contributed by atoms with E-state index in [9.17, 15) is 9.50 Å². The Bertz CT molecular complexity index is 645. The maximum Gasteiger partial charge on any atom is 0.147 e. The third-order valence-electron chi connectivity index (χ3n) is 2.62. The molecule has 0 radical (unpaired) electrons. The number of halogens is 4. The van der Waals surface area contributed by atoms with Gasteiger partial charge < -0.3 is 9.84 Å². The van der Waals surface area contributed by atoms with Gasteiger partial charge in [0.1, 0.15) is 17.3 Å². The zero-order chi connectivity index (χ0) is 14.9. The van der Waals surface area contributed by atoms with E-state index in [2.05, 4.69) is 0 Å². The van der Waals surface area contributed by atoms with E-state index in [0.717, 1.165) is 0 Å². The summed E-state index contributed by atoms with van der Waals surface area (Å²) < 4.78 is 18.8. The Morgan fingerprint density at radius 3 is 2.30 bits per heavy atom. The summed E-state index contributed by atoms with van der Waals surface area (Å²) >= 11 is 17.7. The van der Waals surface area contributed by atoms with Gasteiger partial charge in [-0.1, -0.05) is 34.8 Å². The molecule has 0 aliphatic rings. The second-order valence-electron chi connectivity index (χ2n) is 4.16. The first kappa shape index (κ1) is 15.4. The van der Waals surface area contributed by atoms with Gasteiger partial charge in [0.2, 0.25) is 0 Å². The third-order valence-corrected chi connectivity index (χ3v) is 3.63. The Kier molecular flexibility index (Phi) is 4.76. The van der Waals surface area contributed by atoms with Gasteiger partial charge in [-0.25, -0.2) is 4.39 Å². The first-order valence-corrected chi connectivity index (χ1v) is 6.82. The summed E-state index contributed by atoms with van der Waals surface area (Å²) in [5.41, 5.74) is 0.312. The predicted molar refractivity (Wildman–Crippen MR) is 78.6 cm³/mol. The Morgan fingerprint density at radius 2 is 1.65 bits per heavy atom. The summed E-state index contributed by atoms with van der Waals surface area (Å²) in [6.07, 6.45) is -0.887. The molecule has 106 valence electrons.